The average molecular weight is 204 g/mol. The number of hydrogen-bond acceptors (Lipinski definition) is 2. The number of aromatic nitrogens is 1. The lowest BCUT2D eigenvalue weighted by Crippen LogP contribution is -1.97. The molecule has 4 heteroatoms. The standard InChI is InChI=1S/C8H7Cl2NO/c1-5(12)7-2-6(4-9)3-8(10)11-7/h2-3H,4H2,1H3. The number of halogens is 2. The fraction of sp³-hybridized carbons (Fsp3) is 0.250. The first kappa shape index (κ1) is 9.49. The molecule has 64 valence electrons. The summed E-state index contributed by atoms with van der Waals surface area (Å²) in [6.07, 6.45) is 0. The molecule has 0 aliphatic rings. The van der Waals surface area contributed by atoms with Crippen LogP contribution in [0.3, 0.4) is 0 Å². The van der Waals surface area contributed by atoms with Crippen molar-refractivity contribution in [2.24, 2.45) is 0 Å². The minimum Gasteiger partial charge on any atom is -0.293 e. The first-order valence-corrected chi connectivity index (χ1v) is 4.28. The molecule has 0 aromatic carbocycles. The Balaban J connectivity index is 3.15. The van der Waals surface area contributed by atoms with Crippen LogP contribution < -0.4 is 0 Å². The molecule has 0 bridgehead atoms. The van der Waals surface area contributed by atoms with Crippen molar-refractivity contribution in [2.75, 3.05) is 0 Å². The van der Waals surface area contributed by atoms with Crippen LogP contribution in [0.5, 0.6) is 0 Å². The molecular formula is C8H7Cl2NO. The zero-order valence-electron chi connectivity index (χ0n) is 6.47. The molecule has 0 saturated carbocycles. The van der Waals surface area contributed by atoms with Gasteiger partial charge in [-0.15, -0.1) is 11.6 Å². The molecule has 0 atom stereocenters. The van der Waals surface area contributed by atoms with E-state index in [-0.39, 0.29) is 5.78 Å². The predicted molar refractivity (Wildman–Crippen MR) is 48.8 cm³/mol. The minimum absolute atomic E-state index is 0.108. The number of alkyl halides is 1. The third kappa shape index (κ3) is 2.19. The SMILES string of the molecule is CC(=O)c1cc(CCl)cc(Cl)n1. The zero-order valence-corrected chi connectivity index (χ0v) is 7.99. The molecule has 1 aromatic rings. The molecule has 1 heterocycles. The summed E-state index contributed by atoms with van der Waals surface area (Å²) in [7, 11) is 0. The number of Topliss-reactive ketones (excluding diaryl/α,β-unsaturated/α-hetero) is 1. The molecule has 0 unspecified atom stereocenters. The third-order valence-electron chi connectivity index (χ3n) is 1.37. The van der Waals surface area contributed by atoms with E-state index in [1.165, 1.54) is 6.92 Å². The number of ketones is 1. The maximum atomic E-state index is 10.9. The maximum absolute atomic E-state index is 10.9. The quantitative estimate of drug-likeness (QED) is 0.421. The van der Waals surface area contributed by atoms with Crippen molar-refractivity contribution in [3.8, 4) is 0 Å². The molecule has 0 aliphatic carbocycles. The highest BCUT2D eigenvalue weighted by Gasteiger charge is 2.04. The van der Waals surface area contributed by atoms with E-state index in [4.69, 9.17) is 23.2 Å². The van der Waals surface area contributed by atoms with E-state index in [2.05, 4.69) is 4.98 Å². The van der Waals surface area contributed by atoms with E-state index < -0.39 is 0 Å². The number of carbonyl (C=O) groups is 1. The van der Waals surface area contributed by atoms with E-state index in [1.807, 2.05) is 0 Å². The van der Waals surface area contributed by atoms with Crippen molar-refractivity contribution in [3.05, 3.63) is 28.5 Å². The topological polar surface area (TPSA) is 30.0 Å². The van der Waals surface area contributed by atoms with E-state index in [0.29, 0.717) is 16.7 Å². The fourth-order valence-electron chi connectivity index (χ4n) is 0.807. The lowest BCUT2D eigenvalue weighted by molar-refractivity contribution is 0.101. The highest BCUT2D eigenvalue weighted by molar-refractivity contribution is 6.29. The van der Waals surface area contributed by atoms with Crippen molar-refractivity contribution >= 4 is 29.0 Å². The molecule has 0 spiro atoms. The second kappa shape index (κ2) is 3.87. The first-order valence-electron chi connectivity index (χ1n) is 3.37. The van der Waals surface area contributed by atoms with Crippen molar-refractivity contribution in [1.82, 2.24) is 4.98 Å². The Hall–Kier alpha value is -0.600. The second-order valence-electron chi connectivity index (χ2n) is 2.37. The molecule has 12 heavy (non-hydrogen) atoms. The first-order chi connectivity index (χ1) is 5.63. The molecule has 1 aromatic heterocycles. The van der Waals surface area contributed by atoms with E-state index in [0.717, 1.165) is 5.56 Å². The second-order valence-corrected chi connectivity index (χ2v) is 3.03. The van der Waals surface area contributed by atoms with Crippen molar-refractivity contribution in [2.45, 2.75) is 12.8 Å². The van der Waals surface area contributed by atoms with Crippen molar-refractivity contribution in [3.63, 3.8) is 0 Å². The summed E-state index contributed by atoms with van der Waals surface area (Å²) in [6, 6.07) is 3.28. The van der Waals surface area contributed by atoms with Gasteiger partial charge < -0.3 is 0 Å². The summed E-state index contributed by atoms with van der Waals surface area (Å²) < 4.78 is 0. The summed E-state index contributed by atoms with van der Waals surface area (Å²) in [5.41, 5.74) is 1.17. The van der Waals surface area contributed by atoms with E-state index in [9.17, 15) is 4.79 Å². The van der Waals surface area contributed by atoms with Gasteiger partial charge in [-0.1, -0.05) is 11.6 Å². The molecule has 0 fully saturated rings. The zero-order chi connectivity index (χ0) is 9.14. The largest absolute Gasteiger partial charge is 0.293 e. The Morgan fingerprint density at radius 1 is 1.58 bits per heavy atom. The number of rotatable bonds is 2. The van der Waals surface area contributed by atoms with Gasteiger partial charge in [0.15, 0.2) is 5.78 Å². The van der Waals surface area contributed by atoms with E-state index in [1.54, 1.807) is 12.1 Å². The predicted octanol–water partition coefficient (Wildman–Crippen LogP) is 2.68. The van der Waals surface area contributed by atoms with E-state index >= 15 is 0 Å². The Morgan fingerprint density at radius 2 is 2.25 bits per heavy atom. The van der Waals surface area contributed by atoms with Gasteiger partial charge >= 0.3 is 0 Å². The lowest BCUT2D eigenvalue weighted by atomic mass is 10.2. The monoisotopic (exact) mass is 203 g/mol. The van der Waals surface area contributed by atoms with Gasteiger partial charge in [-0.25, -0.2) is 4.98 Å². The summed E-state index contributed by atoms with van der Waals surface area (Å²) in [6.45, 7) is 1.44. The molecule has 0 saturated heterocycles. The van der Waals surface area contributed by atoms with Gasteiger partial charge in [-0.2, -0.15) is 0 Å². The molecule has 0 radical (unpaired) electrons. The van der Waals surface area contributed by atoms with Gasteiger partial charge in [0.25, 0.3) is 0 Å². The Kier molecular flexibility index (Phi) is 3.06. The number of carbonyl (C=O) groups excluding carboxylic acids is 1. The fourth-order valence-corrected chi connectivity index (χ4v) is 1.19. The third-order valence-corrected chi connectivity index (χ3v) is 1.87. The highest BCUT2D eigenvalue weighted by Crippen LogP contribution is 2.12. The van der Waals surface area contributed by atoms with Gasteiger partial charge in [0.1, 0.15) is 10.8 Å². The van der Waals surface area contributed by atoms with Crippen molar-refractivity contribution < 1.29 is 4.79 Å². The molecule has 0 amide bonds. The van der Waals surface area contributed by atoms with Crippen LogP contribution in [0.1, 0.15) is 23.0 Å². The number of nitrogens with zero attached hydrogens (tertiary/aromatic N) is 1. The van der Waals surface area contributed by atoms with Crippen LogP contribution in [0.15, 0.2) is 12.1 Å². The Labute approximate surface area is 80.5 Å². The number of hydrogen-bond donors (Lipinski definition) is 0. The molecule has 1 rings (SSSR count). The van der Waals surface area contributed by atoms with Crippen LogP contribution in [0.2, 0.25) is 5.15 Å². The summed E-state index contributed by atoms with van der Waals surface area (Å²) >= 11 is 11.2. The normalized spacial score (nSPS) is 9.92. The Morgan fingerprint density at radius 3 is 2.75 bits per heavy atom. The van der Waals surface area contributed by atoms with Crippen LogP contribution in [-0.2, 0) is 5.88 Å². The lowest BCUT2D eigenvalue weighted by Gasteiger charge is -1.99. The van der Waals surface area contributed by atoms with Crippen LogP contribution in [-0.4, -0.2) is 10.8 Å². The van der Waals surface area contributed by atoms with Crippen LogP contribution >= 0.6 is 23.2 Å². The number of pyridine rings is 1. The van der Waals surface area contributed by atoms with Gasteiger partial charge in [-0.05, 0) is 17.7 Å². The summed E-state index contributed by atoms with van der Waals surface area (Å²) in [4.78, 5) is 14.7. The van der Waals surface area contributed by atoms with Crippen molar-refractivity contribution in [1.29, 1.82) is 0 Å². The molecule has 0 aliphatic heterocycles. The minimum atomic E-state index is -0.108. The van der Waals surface area contributed by atoms with Crippen LogP contribution in [0, 0.1) is 0 Å². The van der Waals surface area contributed by atoms with Gasteiger partial charge in [0, 0.05) is 12.8 Å². The Bertz CT molecular complexity index is 312. The smallest absolute Gasteiger partial charge is 0.178 e. The van der Waals surface area contributed by atoms with Gasteiger partial charge in [0.2, 0.25) is 0 Å². The summed E-state index contributed by atoms with van der Waals surface area (Å²) in [5, 5.41) is 0.304. The molecular weight excluding hydrogens is 197 g/mol. The maximum Gasteiger partial charge on any atom is 0.178 e. The molecule has 2 nitrogen and oxygen atoms in total. The van der Waals surface area contributed by atoms with Crippen LogP contribution in [0.25, 0.3) is 0 Å². The van der Waals surface area contributed by atoms with Crippen LogP contribution in [0.4, 0.5) is 0 Å². The van der Waals surface area contributed by atoms with Gasteiger partial charge in [-0.3, -0.25) is 4.79 Å². The molecule has 0 N–H and O–H groups in total. The van der Waals surface area contributed by atoms with Gasteiger partial charge in [0.05, 0.1) is 0 Å². The highest BCUT2D eigenvalue weighted by atomic mass is 35.5. The average Bonchev–Trinajstić information content (AvgIpc) is 2.03. The summed E-state index contributed by atoms with van der Waals surface area (Å²) in [5.74, 6) is 0.228.